The van der Waals surface area contributed by atoms with Gasteiger partial charge in [-0.05, 0) is 31.0 Å². The lowest BCUT2D eigenvalue weighted by Crippen LogP contribution is -2.14. The third kappa shape index (κ3) is 2.75. The Kier molecular flexibility index (Phi) is 3.72. The minimum atomic E-state index is -0.547. The fourth-order valence-corrected chi connectivity index (χ4v) is 2.71. The van der Waals surface area contributed by atoms with E-state index in [1.165, 1.54) is 6.07 Å². The monoisotopic (exact) mass is 295 g/mol. The molecule has 1 aliphatic rings. The van der Waals surface area contributed by atoms with Gasteiger partial charge in [-0.3, -0.25) is 4.98 Å². The van der Waals surface area contributed by atoms with Crippen LogP contribution in [0.3, 0.4) is 0 Å². The van der Waals surface area contributed by atoms with Gasteiger partial charge in [0.25, 0.3) is 0 Å². The average Bonchev–Trinajstić information content (AvgIpc) is 3.28. The van der Waals surface area contributed by atoms with E-state index in [4.69, 9.17) is 11.2 Å². The highest BCUT2D eigenvalue weighted by Gasteiger charge is 2.48. The number of aromatic nitrogens is 1. The maximum atomic E-state index is 14.5. The van der Waals surface area contributed by atoms with Gasteiger partial charge >= 0.3 is 0 Å². The Morgan fingerprint density at radius 2 is 2.18 bits per heavy atom. The van der Waals surface area contributed by atoms with E-state index < -0.39 is 5.60 Å². The highest BCUT2D eigenvalue weighted by atomic mass is 19.1. The van der Waals surface area contributed by atoms with Crippen LogP contribution in [0.5, 0.6) is 0 Å². The molecule has 0 aliphatic carbocycles. The van der Waals surface area contributed by atoms with Crippen LogP contribution >= 0.6 is 0 Å². The van der Waals surface area contributed by atoms with E-state index >= 15 is 0 Å². The first-order valence-electron chi connectivity index (χ1n) is 7.37. The second kappa shape index (κ2) is 5.55. The van der Waals surface area contributed by atoms with Crippen LogP contribution in [0, 0.1) is 31.0 Å². The first kappa shape index (κ1) is 14.7. The molecule has 0 radical (unpaired) electrons. The van der Waals surface area contributed by atoms with Gasteiger partial charge in [0, 0.05) is 23.2 Å². The van der Waals surface area contributed by atoms with Gasteiger partial charge in [-0.25, -0.2) is 4.39 Å². The predicted molar refractivity (Wildman–Crippen MR) is 84.6 cm³/mol. The number of rotatable bonds is 4. The van der Waals surface area contributed by atoms with Crippen molar-refractivity contribution in [2.24, 2.45) is 5.92 Å². The van der Waals surface area contributed by atoms with Crippen molar-refractivity contribution in [3.8, 4) is 23.6 Å². The molecule has 1 aromatic carbocycles. The highest BCUT2D eigenvalue weighted by molar-refractivity contribution is 5.60. The van der Waals surface area contributed by atoms with E-state index in [0.717, 1.165) is 16.8 Å². The molecule has 1 saturated heterocycles. The lowest BCUT2D eigenvalue weighted by molar-refractivity contribution is 0.270. The molecule has 1 fully saturated rings. The molecule has 22 heavy (non-hydrogen) atoms. The van der Waals surface area contributed by atoms with Gasteiger partial charge in [-0.15, -0.1) is 12.3 Å². The second-order valence-corrected chi connectivity index (χ2v) is 5.97. The van der Waals surface area contributed by atoms with Crippen molar-refractivity contribution in [2.45, 2.75) is 25.9 Å². The topological polar surface area (TPSA) is 25.4 Å². The van der Waals surface area contributed by atoms with Crippen molar-refractivity contribution < 1.29 is 9.13 Å². The summed E-state index contributed by atoms with van der Waals surface area (Å²) in [5.41, 5.74) is 2.65. The van der Waals surface area contributed by atoms with Crippen LogP contribution in [-0.2, 0) is 10.3 Å². The number of benzene rings is 1. The molecule has 2 unspecified atom stereocenters. The molecule has 2 nitrogen and oxygen atoms in total. The van der Waals surface area contributed by atoms with Crippen LogP contribution in [0.15, 0.2) is 36.5 Å². The molecule has 2 aromatic rings. The van der Waals surface area contributed by atoms with E-state index in [-0.39, 0.29) is 11.7 Å². The van der Waals surface area contributed by atoms with Crippen LogP contribution in [0.2, 0.25) is 0 Å². The van der Waals surface area contributed by atoms with E-state index in [1.54, 1.807) is 12.3 Å². The van der Waals surface area contributed by atoms with E-state index in [9.17, 15) is 4.39 Å². The molecule has 0 amide bonds. The molecular weight excluding hydrogens is 277 g/mol. The van der Waals surface area contributed by atoms with Crippen molar-refractivity contribution in [3.63, 3.8) is 0 Å². The van der Waals surface area contributed by atoms with Gasteiger partial charge in [-0.1, -0.05) is 25.1 Å². The van der Waals surface area contributed by atoms with Gasteiger partial charge in [0.2, 0.25) is 0 Å². The predicted octanol–water partition coefficient (Wildman–Crippen LogP) is 4.08. The van der Waals surface area contributed by atoms with E-state index in [1.807, 2.05) is 32.0 Å². The normalized spacial score (nSPS) is 21.2. The smallest absolute Gasteiger partial charge is 0.130 e. The summed E-state index contributed by atoms with van der Waals surface area (Å²) in [6.45, 7) is 4.45. The minimum absolute atomic E-state index is 0.0559. The van der Waals surface area contributed by atoms with Crippen molar-refractivity contribution >= 4 is 0 Å². The van der Waals surface area contributed by atoms with Gasteiger partial charge in [0.1, 0.15) is 11.4 Å². The van der Waals surface area contributed by atoms with Crippen LogP contribution in [0.4, 0.5) is 4.39 Å². The van der Waals surface area contributed by atoms with Crippen molar-refractivity contribution in [2.75, 3.05) is 6.61 Å². The summed E-state index contributed by atoms with van der Waals surface area (Å²) in [6, 6.07) is 9.07. The highest BCUT2D eigenvalue weighted by Crippen LogP contribution is 2.45. The van der Waals surface area contributed by atoms with Crippen LogP contribution in [0.25, 0.3) is 11.3 Å². The molecular formula is C19H18FNO. The number of nitrogens with zero attached hydrogens (tertiary/aromatic N) is 1. The largest absolute Gasteiger partial charge is 0.364 e. The van der Waals surface area contributed by atoms with Gasteiger partial charge < -0.3 is 4.74 Å². The maximum absolute atomic E-state index is 14.5. The average molecular weight is 295 g/mol. The molecule has 3 rings (SSSR count). The third-order valence-electron chi connectivity index (χ3n) is 4.08. The van der Waals surface area contributed by atoms with Crippen molar-refractivity contribution in [1.82, 2.24) is 4.98 Å². The molecule has 0 saturated carbocycles. The molecule has 0 N–H and O–H groups in total. The minimum Gasteiger partial charge on any atom is -0.364 e. The quantitative estimate of drug-likeness (QED) is 0.627. The summed E-state index contributed by atoms with van der Waals surface area (Å²) in [4.78, 5) is 4.33. The molecule has 1 aliphatic heterocycles. The van der Waals surface area contributed by atoms with E-state index in [0.29, 0.717) is 18.6 Å². The van der Waals surface area contributed by atoms with Crippen LogP contribution in [0.1, 0.15) is 24.5 Å². The summed E-state index contributed by atoms with van der Waals surface area (Å²) in [5, 5.41) is 0. The van der Waals surface area contributed by atoms with Gasteiger partial charge in [-0.2, -0.15) is 0 Å². The number of pyridine rings is 1. The molecule has 112 valence electrons. The lowest BCUT2D eigenvalue weighted by Gasteiger charge is -2.16. The molecule has 2 heterocycles. The zero-order chi connectivity index (χ0) is 15.7. The molecule has 2 atom stereocenters. The third-order valence-corrected chi connectivity index (χ3v) is 4.08. The number of epoxide rings is 1. The van der Waals surface area contributed by atoms with E-state index in [2.05, 4.69) is 10.9 Å². The Morgan fingerprint density at radius 1 is 1.41 bits per heavy atom. The molecule has 0 bridgehead atoms. The first-order chi connectivity index (χ1) is 10.5. The summed E-state index contributed by atoms with van der Waals surface area (Å²) < 4.78 is 20.1. The van der Waals surface area contributed by atoms with Gasteiger partial charge in [0.05, 0.1) is 12.3 Å². The zero-order valence-electron chi connectivity index (χ0n) is 12.8. The number of aryl methyl sites for hydroxylation is 1. The number of terminal acetylenes is 1. The Labute approximate surface area is 130 Å². The van der Waals surface area contributed by atoms with Crippen molar-refractivity contribution in [3.05, 3.63) is 53.5 Å². The summed E-state index contributed by atoms with van der Waals surface area (Å²) >= 11 is 0. The molecule has 1 aromatic heterocycles. The number of hydrogen-bond acceptors (Lipinski definition) is 2. The Balaban J connectivity index is 1.90. The zero-order valence-corrected chi connectivity index (χ0v) is 12.8. The Morgan fingerprint density at radius 3 is 2.73 bits per heavy atom. The SMILES string of the molecule is C#CC(C)CC1(c2ccc(-c3ccc(C)cn3)cc2F)CO1. The van der Waals surface area contributed by atoms with Crippen LogP contribution < -0.4 is 0 Å². The summed E-state index contributed by atoms with van der Waals surface area (Å²) in [6.07, 6.45) is 7.85. The second-order valence-electron chi connectivity index (χ2n) is 5.97. The lowest BCUT2D eigenvalue weighted by atomic mass is 9.89. The maximum Gasteiger partial charge on any atom is 0.130 e. The number of ether oxygens (including phenoxy) is 1. The summed E-state index contributed by atoms with van der Waals surface area (Å²) in [7, 11) is 0. The fourth-order valence-electron chi connectivity index (χ4n) is 2.71. The molecule has 3 heteroatoms. The Bertz CT molecular complexity index is 726. The number of hydrogen-bond donors (Lipinski definition) is 0. The summed E-state index contributed by atoms with van der Waals surface area (Å²) in [5.74, 6) is 2.47. The Hall–Kier alpha value is -2.18. The standard InChI is InChI=1S/C19H18FNO/c1-4-13(2)10-19(12-22-19)16-7-6-15(9-17(16)20)18-8-5-14(3)11-21-18/h1,5-9,11,13H,10,12H2,2-3H3. The fraction of sp³-hybridized carbons (Fsp3) is 0.316. The first-order valence-corrected chi connectivity index (χ1v) is 7.37. The van der Waals surface area contributed by atoms with Crippen LogP contribution in [-0.4, -0.2) is 11.6 Å². The molecule has 0 spiro atoms. The van der Waals surface area contributed by atoms with Gasteiger partial charge in [0.15, 0.2) is 0 Å². The van der Waals surface area contributed by atoms with Crippen molar-refractivity contribution in [1.29, 1.82) is 0 Å². The number of halogens is 1.